The molecule has 0 amide bonds. The maximum atomic E-state index is 10.5. The second kappa shape index (κ2) is 7.10. The van der Waals surface area contributed by atoms with E-state index >= 15 is 0 Å². The molecule has 16 heavy (non-hydrogen) atoms. The number of aromatic hydroxyl groups is 1. The number of carbonyl (C=O) groups is 2. The molecule has 0 aliphatic heterocycles. The highest BCUT2D eigenvalue weighted by Crippen LogP contribution is 2.36. The Kier molecular flexibility index (Phi) is 6.11. The van der Waals surface area contributed by atoms with Crippen molar-refractivity contribution in [1.29, 1.82) is 0 Å². The molecular formula is C10H12O6. The lowest BCUT2D eigenvalue weighted by atomic mass is 10.2. The predicted molar refractivity (Wildman–Crippen MR) is 55.3 cm³/mol. The molecule has 1 aromatic carbocycles. The lowest BCUT2D eigenvalue weighted by molar-refractivity contribution is -0.122. The van der Waals surface area contributed by atoms with Crippen molar-refractivity contribution in [1.82, 2.24) is 0 Å². The zero-order valence-corrected chi connectivity index (χ0v) is 8.84. The van der Waals surface area contributed by atoms with Crippen LogP contribution in [0.1, 0.15) is 10.4 Å². The van der Waals surface area contributed by atoms with Crippen LogP contribution >= 0.6 is 0 Å². The van der Waals surface area contributed by atoms with Gasteiger partial charge in [-0.25, -0.2) is 0 Å². The van der Waals surface area contributed by atoms with Gasteiger partial charge in [-0.05, 0) is 12.1 Å². The van der Waals surface area contributed by atoms with E-state index < -0.39 is 0 Å². The van der Waals surface area contributed by atoms with Crippen LogP contribution in [-0.4, -0.2) is 37.2 Å². The Balaban J connectivity index is 0.000000673. The van der Waals surface area contributed by atoms with E-state index in [-0.39, 0.29) is 23.7 Å². The van der Waals surface area contributed by atoms with Crippen LogP contribution < -0.4 is 9.47 Å². The Morgan fingerprint density at radius 3 is 1.75 bits per heavy atom. The van der Waals surface area contributed by atoms with Gasteiger partial charge in [0.15, 0.2) is 11.5 Å². The van der Waals surface area contributed by atoms with Gasteiger partial charge in [-0.15, -0.1) is 0 Å². The van der Waals surface area contributed by atoms with Crippen molar-refractivity contribution >= 4 is 12.8 Å². The van der Waals surface area contributed by atoms with Gasteiger partial charge in [0.1, 0.15) is 6.29 Å². The van der Waals surface area contributed by atoms with E-state index in [0.717, 1.165) is 0 Å². The Bertz CT molecular complexity index is 335. The average Bonchev–Trinajstić information content (AvgIpc) is 2.30. The number of methoxy groups -OCH3 is 2. The third-order valence-electron chi connectivity index (χ3n) is 1.64. The van der Waals surface area contributed by atoms with Crippen molar-refractivity contribution < 1.29 is 29.3 Å². The Morgan fingerprint density at radius 1 is 1.12 bits per heavy atom. The first-order valence-corrected chi connectivity index (χ1v) is 4.12. The van der Waals surface area contributed by atoms with Gasteiger partial charge in [0.25, 0.3) is 6.47 Å². The molecule has 0 spiro atoms. The van der Waals surface area contributed by atoms with Gasteiger partial charge in [0, 0.05) is 5.56 Å². The quantitative estimate of drug-likeness (QED) is 0.747. The molecule has 0 unspecified atom stereocenters. The molecule has 0 saturated carbocycles. The lowest BCUT2D eigenvalue weighted by Gasteiger charge is -2.08. The van der Waals surface area contributed by atoms with Crippen LogP contribution in [0, 0.1) is 0 Å². The number of carboxylic acid groups (broad SMARTS) is 1. The van der Waals surface area contributed by atoms with E-state index in [0.29, 0.717) is 11.8 Å². The van der Waals surface area contributed by atoms with Gasteiger partial charge < -0.3 is 19.7 Å². The summed E-state index contributed by atoms with van der Waals surface area (Å²) in [5, 5.41) is 16.3. The second-order valence-corrected chi connectivity index (χ2v) is 2.50. The Hall–Kier alpha value is -2.24. The number of carbonyl (C=O) groups excluding carboxylic acids is 1. The van der Waals surface area contributed by atoms with Gasteiger partial charge >= 0.3 is 0 Å². The molecule has 88 valence electrons. The van der Waals surface area contributed by atoms with Crippen LogP contribution in [-0.2, 0) is 4.79 Å². The third kappa shape index (κ3) is 3.49. The molecule has 0 saturated heterocycles. The number of hydrogen-bond donors (Lipinski definition) is 2. The molecule has 0 heterocycles. The normalized spacial score (nSPS) is 8.38. The monoisotopic (exact) mass is 228 g/mol. The van der Waals surface area contributed by atoms with Crippen molar-refractivity contribution in [3.05, 3.63) is 17.7 Å². The summed E-state index contributed by atoms with van der Waals surface area (Å²) < 4.78 is 9.68. The standard InChI is InChI=1S/C9H10O4.CH2O2/c1-12-7-3-6(5-10)4-8(13-2)9(7)11;2-1-3/h3-5,11H,1-2H3;1H,(H,2,3). The maximum Gasteiger partial charge on any atom is 0.290 e. The van der Waals surface area contributed by atoms with E-state index in [4.69, 9.17) is 19.4 Å². The van der Waals surface area contributed by atoms with Gasteiger partial charge in [0.05, 0.1) is 14.2 Å². The highest BCUT2D eigenvalue weighted by molar-refractivity contribution is 5.78. The molecule has 0 fully saturated rings. The zero-order chi connectivity index (χ0) is 12.6. The van der Waals surface area contributed by atoms with E-state index in [1.54, 1.807) is 0 Å². The summed E-state index contributed by atoms with van der Waals surface area (Å²) in [6, 6.07) is 2.87. The minimum atomic E-state index is -0.250. The molecule has 0 aliphatic rings. The maximum absolute atomic E-state index is 10.5. The number of benzene rings is 1. The molecule has 0 radical (unpaired) electrons. The Labute approximate surface area is 92.0 Å². The summed E-state index contributed by atoms with van der Waals surface area (Å²) in [6.45, 7) is -0.250. The fraction of sp³-hybridized carbons (Fsp3) is 0.200. The molecule has 6 heteroatoms. The van der Waals surface area contributed by atoms with Crippen LogP contribution in [0.15, 0.2) is 12.1 Å². The van der Waals surface area contributed by atoms with E-state index in [1.807, 2.05) is 0 Å². The summed E-state index contributed by atoms with van der Waals surface area (Å²) >= 11 is 0. The van der Waals surface area contributed by atoms with E-state index in [2.05, 4.69) is 0 Å². The van der Waals surface area contributed by atoms with Crippen LogP contribution in [0.3, 0.4) is 0 Å². The number of phenolic OH excluding ortho intramolecular Hbond substituents is 1. The van der Waals surface area contributed by atoms with Gasteiger partial charge in [0.2, 0.25) is 5.75 Å². The summed E-state index contributed by atoms with van der Waals surface area (Å²) in [6.07, 6.45) is 0.657. The first-order valence-electron chi connectivity index (χ1n) is 4.12. The van der Waals surface area contributed by atoms with Gasteiger partial charge in [-0.2, -0.15) is 0 Å². The second-order valence-electron chi connectivity index (χ2n) is 2.50. The van der Waals surface area contributed by atoms with Gasteiger partial charge in [-0.1, -0.05) is 0 Å². The lowest BCUT2D eigenvalue weighted by Crippen LogP contribution is -1.91. The summed E-state index contributed by atoms with van der Waals surface area (Å²) in [4.78, 5) is 18.8. The van der Waals surface area contributed by atoms with Crippen LogP contribution in [0.4, 0.5) is 0 Å². The average molecular weight is 228 g/mol. The number of aldehydes is 1. The van der Waals surface area contributed by atoms with Crippen molar-refractivity contribution in [2.45, 2.75) is 0 Å². The summed E-state index contributed by atoms with van der Waals surface area (Å²) in [7, 11) is 2.81. The molecule has 0 bridgehead atoms. The van der Waals surface area contributed by atoms with E-state index in [9.17, 15) is 9.90 Å². The molecule has 0 aromatic heterocycles. The Morgan fingerprint density at radius 2 is 1.50 bits per heavy atom. The van der Waals surface area contributed by atoms with Crippen molar-refractivity contribution in [2.24, 2.45) is 0 Å². The summed E-state index contributed by atoms with van der Waals surface area (Å²) in [5.41, 5.74) is 0.395. The van der Waals surface area contributed by atoms with E-state index in [1.165, 1.54) is 26.4 Å². The highest BCUT2D eigenvalue weighted by Gasteiger charge is 2.10. The number of hydrogen-bond acceptors (Lipinski definition) is 5. The van der Waals surface area contributed by atoms with Crippen LogP contribution in [0.25, 0.3) is 0 Å². The fourth-order valence-electron chi connectivity index (χ4n) is 0.982. The molecular weight excluding hydrogens is 216 g/mol. The minimum Gasteiger partial charge on any atom is -0.502 e. The van der Waals surface area contributed by atoms with Gasteiger partial charge in [-0.3, -0.25) is 9.59 Å². The highest BCUT2D eigenvalue weighted by atomic mass is 16.5. The summed E-state index contributed by atoms with van der Waals surface area (Å²) in [5.74, 6) is 0.346. The minimum absolute atomic E-state index is 0.101. The third-order valence-corrected chi connectivity index (χ3v) is 1.64. The number of rotatable bonds is 3. The SMILES string of the molecule is COc1cc(C=O)cc(OC)c1O.O=CO. The first kappa shape index (κ1) is 13.8. The predicted octanol–water partition coefficient (Wildman–Crippen LogP) is 0.923. The number of phenols is 1. The van der Waals surface area contributed by atoms with Crippen molar-refractivity contribution in [3.63, 3.8) is 0 Å². The first-order chi connectivity index (χ1) is 7.64. The largest absolute Gasteiger partial charge is 0.502 e. The van der Waals surface area contributed by atoms with Crippen LogP contribution in [0.5, 0.6) is 17.2 Å². The smallest absolute Gasteiger partial charge is 0.290 e. The molecule has 1 aromatic rings. The molecule has 0 aliphatic carbocycles. The molecule has 0 atom stereocenters. The van der Waals surface area contributed by atoms with Crippen LogP contribution in [0.2, 0.25) is 0 Å². The van der Waals surface area contributed by atoms with Crippen molar-refractivity contribution in [3.8, 4) is 17.2 Å². The molecule has 2 N–H and O–H groups in total. The number of ether oxygens (including phenoxy) is 2. The molecule has 1 rings (SSSR count). The fourth-order valence-corrected chi connectivity index (χ4v) is 0.982. The van der Waals surface area contributed by atoms with Crippen molar-refractivity contribution in [2.75, 3.05) is 14.2 Å². The molecule has 6 nitrogen and oxygen atoms in total. The zero-order valence-electron chi connectivity index (χ0n) is 8.84. The topological polar surface area (TPSA) is 93.1 Å².